The summed E-state index contributed by atoms with van der Waals surface area (Å²) in [4.78, 5) is 17.4. The van der Waals surface area contributed by atoms with Gasteiger partial charge in [0, 0.05) is 15.6 Å². The van der Waals surface area contributed by atoms with E-state index in [2.05, 4.69) is 15.4 Å². The summed E-state index contributed by atoms with van der Waals surface area (Å²) in [6, 6.07) is 19.8. The lowest BCUT2D eigenvalue weighted by atomic mass is 10.2. The molecule has 30 heavy (non-hydrogen) atoms. The molecule has 1 N–H and O–H groups in total. The predicted octanol–water partition coefficient (Wildman–Crippen LogP) is 6.46. The van der Waals surface area contributed by atoms with Crippen molar-refractivity contribution >= 4 is 46.4 Å². The van der Waals surface area contributed by atoms with Crippen molar-refractivity contribution in [3.63, 3.8) is 0 Å². The van der Waals surface area contributed by atoms with Crippen molar-refractivity contribution in [2.24, 2.45) is 0 Å². The molecule has 1 amide bonds. The molecule has 0 saturated heterocycles. The number of aryl methyl sites for hydroxylation is 1. The van der Waals surface area contributed by atoms with Crippen LogP contribution in [0.25, 0.3) is 17.1 Å². The molecule has 0 aliphatic rings. The van der Waals surface area contributed by atoms with Crippen LogP contribution < -0.4 is 5.32 Å². The molecule has 4 aromatic rings. The van der Waals surface area contributed by atoms with E-state index in [4.69, 9.17) is 34.8 Å². The molecule has 0 fully saturated rings. The summed E-state index contributed by atoms with van der Waals surface area (Å²) in [6.45, 7) is 1.96. The number of nitrogens with one attached hydrogen (secondary N) is 1. The van der Waals surface area contributed by atoms with Gasteiger partial charge in [-0.15, -0.1) is 5.10 Å². The summed E-state index contributed by atoms with van der Waals surface area (Å²) in [5, 5.41) is 8.56. The number of hydrogen-bond donors (Lipinski definition) is 1. The molecule has 0 aliphatic heterocycles. The Morgan fingerprint density at radius 2 is 1.70 bits per heavy atom. The van der Waals surface area contributed by atoms with Crippen LogP contribution in [0.2, 0.25) is 15.1 Å². The number of nitrogens with zero attached hydrogens (tertiary/aromatic N) is 3. The molecular weight excluding hydrogens is 443 g/mol. The van der Waals surface area contributed by atoms with Crippen LogP contribution in [-0.2, 0) is 0 Å². The molecule has 0 aliphatic carbocycles. The molecule has 8 heteroatoms. The lowest BCUT2D eigenvalue weighted by Crippen LogP contribution is -2.14. The minimum absolute atomic E-state index is 0.000699. The van der Waals surface area contributed by atoms with Crippen molar-refractivity contribution in [3.05, 3.63) is 93.2 Å². The third kappa shape index (κ3) is 4.19. The zero-order chi connectivity index (χ0) is 21.3. The van der Waals surface area contributed by atoms with Crippen molar-refractivity contribution in [3.8, 4) is 17.1 Å². The quantitative estimate of drug-likeness (QED) is 0.383. The van der Waals surface area contributed by atoms with E-state index in [1.807, 2.05) is 43.3 Å². The van der Waals surface area contributed by atoms with E-state index >= 15 is 0 Å². The molecule has 1 aromatic heterocycles. The van der Waals surface area contributed by atoms with Crippen LogP contribution in [0.4, 0.5) is 5.69 Å². The van der Waals surface area contributed by atoms with Crippen LogP contribution in [0, 0.1) is 6.92 Å². The van der Waals surface area contributed by atoms with Gasteiger partial charge < -0.3 is 5.32 Å². The number of halogens is 3. The first kappa shape index (κ1) is 20.4. The topological polar surface area (TPSA) is 59.8 Å². The SMILES string of the molecule is Cc1ccccc1-n1nc(C(=O)Nc2ccc(Cl)cc2Cl)nc1-c1cccc(Cl)c1. The summed E-state index contributed by atoms with van der Waals surface area (Å²) >= 11 is 18.3. The van der Waals surface area contributed by atoms with Gasteiger partial charge in [-0.1, -0.05) is 65.1 Å². The van der Waals surface area contributed by atoms with E-state index in [-0.39, 0.29) is 5.82 Å². The van der Waals surface area contributed by atoms with Gasteiger partial charge in [-0.2, -0.15) is 0 Å². The molecule has 0 spiro atoms. The third-order valence-electron chi connectivity index (χ3n) is 4.42. The number of carbonyl (C=O) groups is 1. The van der Waals surface area contributed by atoms with Gasteiger partial charge in [-0.05, 0) is 48.9 Å². The maximum Gasteiger partial charge on any atom is 0.295 e. The van der Waals surface area contributed by atoms with E-state index in [0.29, 0.717) is 26.6 Å². The monoisotopic (exact) mass is 456 g/mol. The number of para-hydroxylation sites is 1. The molecule has 4 rings (SSSR count). The molecular formula is C22H15Cl3N4O. The van der Waals surface area contributed by atoms with Crippen LogP contribution in [0.15, 0.2) is 66.7 Å². The van der Waals surface area contributed by atoms with Gasteiger partial charge in [0.2, 0.25) is 5.82 Å². The molecule has 0 unspecified atom stereocenters. The Morgan fingerprint density at radius 1 is 0.933 bits per heavy atom. The maximum atomic E-state index is 12.9. The Morgan fingerprint density at radius 3 is 2.43 bits per heavy atom. The first-order valence-electron chi connectivity index (χ1n) is 8.98. The smallest absolute Gasteiger partial charge is 0.295 e. The summed E-state index contributed by atoms with van der Waals surface area (Å²) in [5.74, 6) is 0.00762. The second-order valence-corrected chi connectivity index (χ2v) is 7.83. The standard InChI is InChI=1S/C22H15Cl3N4O/c1-13-5-2-3-8-19(13)29-21(14-6-4-7-15(23)11-14)27-20(28-29)22(30)26-18-10-9-16(24)12-17(18)25/h2-12H,1H3,(H,26,30). The van der Waals surface area contributed by atoms with E-state index < -0.39 is 5.91 Å². The van der Waals surface area contributed by atoms with Crippen LogP contribution in [0.1, 0.15) is 16.2 Å². The van der Waals surface area contributed by atoms with Crippen LogP contribution in [0.5, 0.6) is 0 Å². The Kier molecular flexibility index (Phi) is 5.77. The lowest BCUT2D eigenvalue weighted by Gasteiger charge is -2.09. The first-order chi connectivity index (χ1) is 14.4. The predicted molar refractivity (Wildman–Crippen MR) is 121 cm³/mol. The van der Waals surface area contributed by atoms with Gasteiger partial charge >= 0.3 is 0 Å². The van der Waals surface area contributed by atoms with Gasteiger partial charge in [0.1, 0.15) is 0 Å². The van der Waals surface area contributed by atoms with E-state index in [0.717, 1.165) is 16.8 Å². The second kappa shape index (κ2) is 8.48. The fourth-order valence-electron chi connectivity index (χ4n) is 2.96. The van der Waals surface area contributed by atoms with E-state index in [1.54, 1.807) is 35.0 Å². The van der Waals surface area contributed by atoms with Crippen LogP contribution >= 0.6 is 34.8 Å². The van der Waals surface area contributed by atoms with Gasteiger partial charge in [0.05, 0.1) is 16.4 Å². The Hall–Kier alpha value is -2.86. The van der Waals surface area contributed by atoms with E-state index in [9.17, 15) is 4.79 Å². The van der Waals surface area contributed by atoms with Crippen molar-refractivity contribution in [2.75, 3.05) is 5.32 Å². The fraction of sp³-hybridized carbons (Fsp3) is 0.0455. The minimum atomic E-state index is -0.491. The Balaban J connectivity index is 1.79. The fourth-order valence-corrected chi connectivity index (χ4v) is 3.61. The molecule has 0 radical (unpaired) electrons. The van der Waals surface area contributed by atoms with Crippen molar-refractivity contribution in [2.45, 2.75) is 6.92 Å². The second-order valence-electron chi connectivity index (χ2n) is 6.55. The molecule has 3 aromatic carbocycles. The van der Waals surface area contributed by atoms with Crippen molar-refractivity contribution < 1.29 is 4.79 Å². The van der Waals surface area contributed by atoms with Gasteiger partial charge in [0.25, 0.3) is 5.91 Å². The third-order valence-corrected chi connectivity index (χ3v) is 5.20. The molecule has 0 saturated carbocycles. The molecule has 0 bridgehead atoms. The number of carbonyl (C=O) groups excluding carboxylic acids is 1. The number of rotatable bonds is 4. The normalized spacial score (nSPS) is 10.8. The Bertz CT molecular complexity index is 1250. The minimum Gasteiger partial charge on any atom is -0.318 e. The average Bonchev–Trinajstić information content (AvgIpc) is 3.16. The zero-order valence-electron chi connectivity index (χ0n) is 15.7. The summed E-state index contributed by atoms with van der Waals surface area (Å²) in [5.41, 5.74) is 2.95. The highest BCUT2D eigenvalue weighted by atomic mass is 35.5. The number of amides is 1. The van der Waals surface area contributed by atoms with Gasteiger partial charge in [-0.3, -0.25) is 4.79 Å². The summed E-state index contributed by atoms with van der Waals surface area (Å²) in [6.07, 6.45) is 0. The number of aromatic nitrogens is 3. The molecule has 1 heterocycles. The lowest BCUT2D eigenvalue weighted by molar-refractivity contribution is 0.101. The van der Waals surface area contributed by atoms with Crippen molar-refractivity contribution in [1.29, 1.82) is 0 Å². The molecule has 0 atom stereocenters. The maximum absolute atomic E-state index is 12.9. The van der Waals surface area contributed by atoms with Gasteiger partial charge in [-0.25, -0.2) is 9.67 Å². The largest absolute Gasteiger partial charge is 0.318 e. The summed E-state index contributed by atoms with van der Waals surface area (Å²) < 4.78 is 1.64. The molecule has 5 nitrogen and oxygen atoms in total. The summed E-state index contributed by atoms with van der Waals surface area (Å²) in [7, 11) is 0. The van der Waals surface area contributed by atoms with Crippen LogP contribution in [-0.4, -0.2) is 20.7 Å². The molecule has 150 valence electrons. The number of hydrogen-bond acceptors (Lipinski definition) is 3. The van der Waals surface area contributed by atoms with Gasteiger partial charge in [0.15, 0.2) is 5.82 Å². The highest BCUT2D eigenvalue weighted by Crippen LogP contribution is 2.27. The zero-order valence-corrected chi connectivity index (χ0v) is 18.0. The highest BCUT2D eigenvalue weighted by Gasteiger charge is 2.20. The number of benzene rings is 3. The highest BCUT2D eigenvalue weighted by molar-refractivity contribution is 6.36. The number of anilines is 1. The Labute approximate surface area is 188 Å². The average molecular weight is 458 g/mol. The first-order valence-corrected chi connectivity index (χ1v) is 10.1. The van der Waals surface area contributed by atoms with Crippen molar-refractivity contribution in [1.82, 2.24) is 14.8 Å². The van der Waals surface area contributed by atoms with Crippen LogP contribution in [0.3, 0.4) is 0 Å². The van der Waals surface area contributed by atoms with E-state index in [1.165, 1.54) is 0 Å².